The van der Waals surface area contributed by atoms with Crippen LogP contribution >= 0.6 is 0 Å². The van der Waals surface area contributed by atoms with Crippen molar-refractivity contribution in [3.63, 3.8) is 0 Å². The van der Waals surface area contributed by atoms with Crippen molar-refractivity contribution in [3.8, 4) is 5.75 Å². The van der Waals surface area contributed by atoms with Gasteiger partial charge in [0.05, 0.1) is 0 Å². The molecular formula is C34H34N4O4. The first kappa shape index (κ1) is 28.4. The number of para-hydroxylation sites is 1. The minimum atomic E-state index is -0.954. The molecule has 1 heterocycles. The topological polar surface area (TPSA) is 114 Å². The maximum atomic E-state index is 13.6. The Morgan fingerprint density at radius 3 is 2.17 bits per heavy atom. The molecule has 0 spiro atoms. The molecule has 0 bridgehead atoms. The predicted molar refractivity (Wildman–Crippen MR) is 163 cm³/mol. The van der Waals surface area contributed by atoms with Gasteiger partial charge >= 0.3 is 0 Å². The lowest BCUT2D eigenvalue weighted by Crippen LogP contribution is -2.44. The largest absolute Gasteiger partial charge is 0.489 e. The molecule has 42 heavy (non-hydrogen) atoms. The van der Waals surface area contributed by atoms with Gasteiger partial charge in [-0.05, 0) is 66.4 Å². The number of anilines is 2. The van der Waals surface area contributed by atoms with E-state index in [4.69, 9.17) is 10.5 Å². The number of amides is 3. The number of piperidine rings is 1. The van der Waals surface area contributed by atoms with Crippen molar-refractivity contribution in [2.24, 2.45) is 11.7 Å². The molecule has 1 aliphatic rings. The van der Waals surface area contributed by atoms with Gasteiger partial charge in [-0.2, -0.15) is 0 Å². The number of primary amides is 1. The number of hydrogen-bond donors (Lipinski definition) is 3. The summed E-state index contributed by atoms with van der Waals surface area (Å²) in [5.41, 5.74) is 8.90. The van der Waals surface area contributed by atoms with Crippen LogP contribution in [0.3, 0.4) is 0 Å². The summed E-state index contributed by atoms with van der Waals surface area (Å²) in [5, 5.41) is 5.82. The maximum Gasteiger partial charge on any atom is 0.251 e. The van der Waals surface area contributed by atoms with Gasteiger partial charge in [0.2, 0.25) is 11.8 Å². The lowest BCUT2D eigenvalue weighted by Gasteiger charge is -2.33. The lowest BCUT2D eigenvalue weighted by molar-refractivity contribution is -0.129. The van der Waals surface area contributed by atoms with Crippen molar-refractivity contribution < 1.29 is 19.1 Å². The van der Waals surface area contributed by atoms with Gasteiger partial charge in [0, 0.05) is 35.9 Å². The van der Waals surface area contributed by atoms with Gasteiger partial charge < -0.3 is 26.0 Å². The normalized spacial score (nSPS) is 14.0. The van der Waals surface area contributed by atoms with E-state index in [2.05, 4.69) is 27.7 Å². The standard InChI is InChI=1S/C34H34N4O4/c35-32(39)27-10-7-11-28(22-27)36-34(41)31(25-14-16-30(17-15-25)42-23-24-8-3-1-4-9-24)37-33(40)26-18-20-38(21-19-26)29-12-5-2-6-13-29/h1-17,22,26,31H,18-21,23H2,(H2,35,39)(H,36,41)(H,37,40)/t31-/m0/s1. The van der Waals surface area contributed by atoms with Crippen molar-refractivity contribution in [3.05, 3.63) is 126 Å². The summed E-state index contributed by atoms with van der Waals surface area (Å²) in [6.07, 6.45) is 1.37. The molecule has 5 rings (SSSR count). The van der Waals surface area contributed by atoms with Gasteiger partial charge in [0.15, 0.2) is 0 Å². The van der Waals surface area contributed by atoms with Crippen molar-refractivity contribution in [1.82, 2.24) is 5.32 Å². The van der Waals surface area contributed by atoms with Crippen LogP contribution in [-0.2, 0) is 16.2 Å². The van der Waals surface area contributed by atoms with Crippen LogP contribution in [0.5, 0.6) is 5.75 Å². The van der Waals surface area contributed by atoms with E-state index >= 15 is 0 Å². The third-order valence-corrected chi connectivity index (χ3v) is 7.41. The van der Waals surface area contributed by atoms with E-state index in [1.807, 2.05) is 48.5 Å². The SMILES string of the molecule is NC(=O)c1cccc(NC(=O)[C@@H](NC(=O)C2CCN(c3ccccc3)CC2)c2ccc(OCc3ccccc3)cc2)c1. The van der Waals surface area contributed by atoms with Gasteiger partial charge in [-0.15, -0.1) is 0 Å². The highest BCUT2D eigenvalue weighted by atomic mass is 16.5. The zero-order chi connectivity index (χ0) is 29.3. The van der Waals surface area contributed by atoms with Crippen LogP contribution in [0.2, 0.25) is 0 Å². The highest BCUT2D eigenvalue weighted by Crippen LogP contribution is 2.26. The Balaban J connectivity index is 1.29. The van der Waals surface area contributed by atoms with Crippen LogP contribution in [-0.4, -0.2) is 30.8 Å². The van der Waals surface area contributed by atoms with Crippen LogP contribution < -0.4 is 26.0 Å². The van der Waals surface area contributed by atoms with Crippen molar-refractivity contribution in [2.45, 2.75) is 25.5 Å². The molecule has 0 radical (unpaired) electrons. The second kappa shape index (κ2) is 13.5. The number of carbonyl (C=O) groups excluding carboxylic acids is 3. The van der Waals surface area contributed by atoms with Crippen molar-refractivity contribution in [1.29, 1.82) is 0 Å². The lowest BCUT2D eigenvalue weighted by atomic mass is 9.94. The molecular weight excluding hydrogens is 528 g/mol. The monoisotopic (exact) mass is 562 g/mol. The third-order valence-electron chi connectivity index (χ3n) is 7.41. The molecule has 1 fully saturated rings. The summed E-state index contributed by atoms with van der Waals surface area (Å²) in [7, 11) is 0. The number of nitrogens with zero attached hydrogens (tertiary/aromatic N) is 1. The Hall–Kier alpha value is -5.11. The summed E-state index contributed by atoms with van der Waals surface area (Å²) in [4.78, 5) is 40.9. The molecule has 0 unspecified atom stereocenters. The third kappa shape index (κ3) is 7.34. The van der Waals surface area contributed by atoms with Crippen LogP contribution in [0, 0.1) is 5.92 Å². The first-order chi connectivity index (χ1) is 20.5. The first-order valence-electron chi connectivity index (χ1n) is 14.0. The summed E-state index contributed by atoms with van der Waals surface area (Å²) in [6.45, 7) is 1.93. The van der Waals surface area contributed by atoms with E-state index in [0.717, 1.165) is 24.3 Å². The molecule has 214 valence electrons. The maximum absolute atomic E-state index is 13.6. The van der Waals surface area contributed by atoms with E-state index in [0.29, 0.717) is 36.4 Å². The van der Waals surface area contributed by atoms with Gasteiger partial charge in [-0.1, -0.05) is 66.7 Å². The Bertz CT molecular complexity index is 1500. The highest BCUT2D eigenvalue weighted by molar-refractivity contribution is 6.00. The fraction of sp³-hybridized carbons (Fsp3) is 0.206. The highest BCUT2D eigenvalue weighted by Gasteiger charge is 2.30. The summed E-state index contributed by atoms with van der Waals surface area (Å²) in [5.74, 6) is -0.755. The fourth-order valence-corrected chi connectivity index (χ4v) is 5.06. The van der Waals surface area contributed by atoms with E-state index in [-0.39, 0.29) is 17.4 Å². The van der Waals surface area contributed by atoms with Crippen LogP contribution in [0.1, 0.15) is 40.4 Å². The smallest absolute Gasteiger partial charge is 0.251 e. The number of hydrogen-bond acceptors (Lipinski definition) is 5. The van der Waals surface area contributed by atoms with E-state index in [1.165, 1.54) is 6.07 Å². The molecule has 4 aromatic rings. The Morgan fingerprint density at radius 1 is 0.833 bits per heavy atom. The van der Waals surface area contributed by atoms with Crippen LogP contribution in [0.25, 0.3) is 0 Å². The minimum absolute atomic E-state index is 0.168. The minimum Gasteiger partial charge on any atom is -0.489 e. The Kier molecular flexibility index (Phi) is 9.13. The summed E-state index contributed by atoms with van der Waals surface area (Å²) in [6, 6.07) is 32.6. The number of rotatable bonds is 10. The zero-order valence-corrected chi connectivity index (χ0v) is 23.2. The van der Waals surface area contributed by atoms with Crippen LogP contribution in [0.15, 0.2) is 109 Å². The van der Waals surface area contributed by atoms with Gasteiger partial charge in [-0.25, -0.2) is 0 Å². The fourth-order valence-electron chi connectivity index (χ4n) is 5.06. The summed E-state index contributed by atoms with van der Waals surface area (Å²) < 4.78 is 5.90. The molecule has 0 aromatic heterocycles. The zero-order valence-electron chi connectivity index (χ0n) is 23.2. The number of benzene rings is 4. The Morgan fingerprint density at radius 2 is 1.50 bits per heavy atom. The van der Waals surface area contributed by atoms with Gasteiger partial charge in [0.25, 0.3) is 5.91 Å². The number of nitrogens with two attached hydrogens (primary N) is 1. The molecule has 4 N–H and O–H groups in total. The molecule has 1 atom stereocenters. The van der Waals surface area contributed by atoms with E-state index in [9.17, 15) is 14.4 Å². The molecule has 8 heteroatoms. The number of ether oxygens (including phenoxy) is 1. The van der Waals surface area contributed by atoms with Gasteiger partial charge in [-0.3, -0.25) is 14.4 Å². The van der Waals surface area contributed by atoms with Crippen molar-refractivity contribution in [2.75, 3.05) is 23.3 Å². The molecule has 1 saturated heterocycles. The molecule has 0 saturated carbocycles. The van der Waals surface area contributed by atoms with Gasteiger partial charge in [0.1, 0.15) is 18.4 Å². The molecule has 4 aromatic carbocycles. The second-order valence-electron chi connectivity index (χ2n) is 10.3. The number of carbonyl (C=O) groups is 3. The number of nitrogens with one attached hydrogen (secondary N) is 2. The van der Waals surface area contributed by atoms with E-state index in [1.54, 1.807) is 42.5 Å². The summed E-state index contributed by atoms with van der Waals surface area (Å²) >= 11 is 0. The molecule has 1 aliphatic heterocycles. The molecule has 0 aliphatic carbocycles. The van der Waals surface area contributed by atoms with Crippen LogP contribution in [0.4, 0.5) is 11.4 Å². The van der Waals surface area contributed by atoms with E-state index < -0.39 is 17.9 Å². The average Bonchev–Trinajstić information content (AvgIpc) is 3.04. The Labute approximate surface area is 245 Å². The van der Waals surface area contributed by atoms with Crippen molar-refractivity contribution >= 4 is 29.1 Å². The first-order valence-corrected chi connectivity index (χ1v) is 14.0. The predicted octanol–water partition coefficient (Wildman–Crippen LogP) is 5.08. The molecule has 3 amide bonds. The second-order valence-corrected chi connectivity index (χ2v) is 10.3. The average molecular weight is 563 g/mol. The molecule has 8 nitrogen and oxygen atoms in total. The quantitative estimate of drug-likeness (QED) is 0.250.